The van der Waals surface area contributed by atoms with Crippen LogP contribution in [-0.4, -0.2) is 5.78 Å². The zero-order valence-corrected chi connectivity index (χ0v) is 8.90. The predicted octanol–water partition coefficient (Wildman–Crippen LogP) is 3.11. The fourth-order valence-electron chi connectivity index (χ4n) is 1.04. The highest BCUT2D eigenvalue weighted by molar-refractivity contribution is 9.10. The quantitative estimate of drug-likeness (QED) is 0.799. The first-order valence-electron chi connectivity index (χ1n) is 4.03. The topological polar surface area (TPSA) is 17.1 Å². The zero-order valence-electron chi connectivity index (χ0n) is 7.31. The van der Waals surface area contributed by atoms with E-state index in [1.54, 1.807) is 13.0 Å². The van der Waals surface area contributed by atoms with E-state index in [1.165, 1.54) is 12.1 Å². The molecule has 0 aliphatic carbocycles. The highest BCUT2D eigenvalue weighted by Crippen LogP contribution is 2.19. The molecular formula is C10H10BrFO. The van der Waals surface area contributed by atoms with Gasteiger partial charge in [-0.05, 0) is 31.0 Å². The monoisotopic (exact) mass is 244 g/mol. The summed E-state index contributed by atoms with van der Waals surface area (Å²) >= 11 is 3.25. The summed E-state index contributed by atoms with van der Waals surface area (Å²) in [5.74, 6) is -0.116. The number of hydrogen-bond donors (Lipinski definition) is 0. The molecule has 0 aliphatic rings. The molecule has 13 heavy (non-hydrogen) atoms. The molecular weight excluding hydrogens is 235 g/mol. The van der Waals surface area contributed by atoms with Crippen LogP contribution in [0, 0.1) is 5.82 Å². The third-order valence-corrected chi connectivity index (χ3v) is 2.50. The van der Waals surface area contributed by atoms with Gasteiger partial charge in [0.15, 0.2) is 0 Å². The maximum absolute atomic E-state index is 12.6. The Hall–Kier alpha value is -0.700. The van der Waals surface area contributed by atoms with Crippen LogP contribution in [0.1, 0.15) is 18.9 Å². The van der Waals surface area contributed by atoms with Crippen molar-refractivity contribution in [2.24, 2.45) is 0 Å². The summed E-state index contributed by atoms with van der Waals surface area (Å²) in [5, 5.41) is 0. The summed E-state index contributed by atoms with van der Waals surface area (Å²) < 4.78 is 13.4. The Morgan fingerprint density at radius 2 is 2.23 bits per heavy atom. The van der Waals surface area contributed by atoms with E-state index in [0.717, 1.165) is 10.0 Å². The molecule has 70 valence electrons. The third kappa shape index (κ3) is 3.27. The maximum Gasteiger partial charge on any atom is 0.130 e. The van der Waals surface area contributed by atoms with Gasteiger partial charge in [-0.15, -0.1) is 0 Å². The molecule has 0 N–H and O–H groups in total. The lowest BCUT2D eigenvalue weighted by molar-refractivity contribution is -0.116. The fraction of sp³-hybridized carbons (Fsp3) is 0.300. The Morgan fingerprint density at radius 1 is 1.54 bits per heavy atom. The van der Waals surface area contributed by atoms with Crippen molar-refractivity contribution in [3.63, 3.8) is 0 Å². The molecule has 1 nitrogen and oxygen atoms in total. The van der Waals surface area contributed by atoms with E-state index in [-0.39, 0.29) is 11.6 Å². The lowest BCUT2D eigenvalue weighted by Gasteiger charge is -2.02. The molecule has 1 aromatic carbocycles. The van der Waals surface area contributed by atoms with Gasteiger partial charge in [0.2, 0.25) is 0 Å². The normalized spacial score (nSPS) is 10.1. The average molecular weight is 245 g/mol. The van der Waals surface area contributed by atoms with E-state index < -0.39 is 0 Å². The van der Waals surface area contributed by atoms with Crippen LogP contribution in [0.3, 0.4) is 0 Å². The zero-order chi connectivity index (χ0) is 9.84. The van der Waals surface area contributed by atoms with Gasteiger partial charge in [0.25, 0.3) is 0 Å². The first-order valence-corrected chi connectivity index (χ1v) is 4.82. The number of benzene rings is 1. The highest BCUT2D eigenvalue weighted by Gasteiger charge is 2.02. The minimum atomic E-state index is -0.265. The molecule has 0 fully saturated rings. The van der Waals surface area contributed by atoms with E-state index in [0.29, 0.717) is 12.8 Å². The molecule has 0 spiro atoms. The standard InChI is InChI=1S/C10H10BrFO/c1-7(13)2-3-8-4-5-9(12)6-10(8)11/h4-6H,2-3H2,1H3. The third-order valence-electron chi connectivity index (χ3n) is 1.76. The molecule has 1 aromatic rings. The lowest BCUT2D eigenvalue weighted by atomic mass is 10.1. The first kappa shape index (κ1) is 10.4. The lowest BCUT2D eigenvalue weighted by Crippen LogP contribution is -1.95. The summed E-state index contributed by atoms with van der Waals surface area (Å²) in [6, 6.07) is 4.51. The largest absolute Gasteiger partial charge is 0.300 e. The Kier molecular flexibility index (Phi) is 3.60. The minimum Gasteiger partial charge on any atom is -0.300 e. The van der Waals surface area contributed by atoms with Crippen LogP contribution >= 0.6 is 15.9 Å². The molecule has 0 amide bonds. The summed E-state index contributed by atoms with van der Waals surface area (Å²) in [5.41, 5.74) is 0.969. The molecule has 0 radical (unpaired) electrons. The Morgan fingerprint density at radius 3 is 2.77 bits per heavy atom. The van der Waals surface area contributed by atoms with Crippen LogP contribution in [0.15, 0.2) is 22.7 Å². The number of hydrogen-bond acceptors (Lipinski definition) is 1. The van der Waals surface area contributed by atoms with Crippen molar-refractivity contribution in [2.75, 3.05) is 0 Å². The van der Waals surface area contributed by atoms with Crippen LogP contribution in [0.4, 0.5) is 4.39 Å². The van der Waals surface area contributed by atoms with Crippen LogP contribution in [0.25, 0.3) is 0 Å². The summed E-state index contributed by atoms with van der Waals surface area (Å²) in [6.45, 7) is 1.55. The molecule has 0 heterocycles. The number of ketones is 1. The number of Topliss-reactive ketones (excluding diaryl/α,β-unsaturated/α-hetero) is 1. The van der Waals surface area contributed by atoms with Crippen molar-refractivity contribution in [2.45, 2.75) is 19.8 Å². The average Bonchev–Trinajstić information content (AvgIpc) is 2.02. The predicted molar refractivity (Wildman–Crippen MR) is 53.1 cm³/mol. The molecule has 0 atom stereocenters. The number of aryl methyl sites for hydroxylation is 1. The second kappa shape index (κ2) is 4.51. The van der Waals surface area contributed by atoms with Crippen molar-refractivity contribution < 1.29 is 9.18 Å². The van der Waals surface area contributed by atoms with Gasteiger partial charge in [0, 0.05) is 10.9 Å². The van der Waals surface area contributed by atoms with Crippen LogP contribution in [-0.2, 0) is 11.2 Å². The Labute approximate surface area is 85.1 Å². The van der Waals surface area contributed by atoms with Gasteiger partial charge < -0.3 is 4.79 Å². The summed E-state index contributed by atoms with van der Waals surface area (Å²) in [4.78, 5) is 10.7. The molecule has 0 saturated carbocycles. The molecule has 0 saturated heterocycles. The molecule has 0 aliphatic heterocycles. The van der Waals surface area contributed by atoms with Crippen molar-refractivity contribution in [3.8, 4) is 0 Å². The van der Waals surface area contributed by atoms with E-state index in [1.807, 2.05) is 0 Å². The molecule has 0 aromatic heterocycles. The van der Waals surface area contributed by atoms with E-state index in [2.05, 4.69) is 15.9 Å². The van der Waals surface area contributed by atoms with Gasteiger partial charge >= 0.3 is 0 Å². The van der Waals surface area contributed by atoms with Gasteiger partial charge in [-0.2, -0.15) is 0 Å². The second-order valence-electron chi connectivity index (χ2n) is 2.94. The van der Waals surface area contributed by atoms with Crippen molar-refractivity contribution >= 4 is 21.7 Å². The van der Waals surface area contributed by atoms with Gasteiger partial charge in [-0.25, -0.2) is 4.39 Å². The minimum absolute atomic E-state index is 0.149. The van der Waals surface area contributed by atoms with E-state index >= 15 is 0 Å². The fourth-order valence-corrected chi connectivity index (χ4v) is 1.58. The first-order chi connectivity index (χ1) is 6.09. The van der Waals surface area contributed by atoms with Gasteiger partial charge in [-0.1, -0.05) is 22.0 Å². The van der Waals surface area contributed by atoms with Crippen molar-refractivity contribution in [3.05, 3.63) is 34.1 Å². The van der Waals surface area contributed by atoms with Gasteiger partial charge in [0.05, 0.1) is 0 Å². The van der Waals surface area contributed by atoms with E-state index in [9.17, 15) is 9.18 Å². The van der Waals surface area contributed by atoms with E-state index in [4.69, 9.17) is 0 Å². The highest BCUT2D eigenvalue weighted by atomic mass is 79.9. The Balaban J connectivity index is 2.72. The van der Waals surface area contributed by atoms with Crippen LogP contribution < -0.4 is 0 Å². The number of rotatable bonds is 3. The van der Waals surface area contributed by atoms with Gasteiger partial charge in [0.1, 0.15) is 11.6 Å². The summed E-state index contributed by atoms with van der Waals surface area (Å²) in [6.07, 6.45) is 1.17. The SMILES string of the molecule is CC(=O)CCc1ccc(F)cc1Br. The summed E-state index contributed by atoms with van der Waals surface area (Å²) in [7, 11) is 0. The smallest absolute Gasteiger partial charge is 0.130 e. The molecule has 3 heteroatoms. The molecule has 1 rings (SSSR count). The van der Waals surface area contributed by atoms with Crippen molar-refractivity contribution in [1.29, 1.82) is 0 Å². The Bertz CT molecular complexity index is 323. The molecule has 0 bridgehead atoms. The maximum atomic E-state index is 12.6. The van der Waals surface area contributed by atoms with Crippen LogP contribution in [0.2, 0.25) is 0 Å². The second-order valence-corrected chi connectivity index (χ2v) is 3.79. The van der Waals surface area contributed by atoms with Crippen LogP contribution in [0.5, 0.6) is 0 Å². The van der Waals surface area contributed by atoms with Crippen molar-refractivity contribution in [1.82, 2.24) is 0 Å². The number of carbonyl (C=O) groups is 1. The number of halogens is 2. The van der Waals surface area contributed by atoms with Gasteiger partial charge in [-0.3, -0.25) is 0 Å². The number of carbonyl (C=O) groups excluding carboxylic acids is 1. The molecule has 0 unspecified atom stereocenters.